The van der Waals surface area contributed by atoms with E-state index in [2.05, 4.69) is 24.4 Å². The van der Waals surface area contributed by atoms with Gasteiger partial charge in [-0.2, -0.15) is 0 Å². The number of thioether (sulfide) groups is 1. The van der Waals surface area contributed by atoms with Crippen molar-refractivity contribution in [3.63, 3.8) is 0 Å². The van der Waals surface area contributed by atoms with Crippen LogP contribution in [0.25, 0.3) is 0 Å². The number of rotatable bonds is 5. The number of carbonyl (C=O) groups is 2. The molecular formula is C15H20N2O2S. The van der Waals surface area contributed by atoms with Gasteiger partial charge in [-0.3, -0.25) is 9.59 Å². The van der Waals surface area contributed by atoms with Gasteiger partial charge in [0.25, 0.3) is 0 Å². The van der Waals surface area contributed by atoms with Crippen molar-refractivity contribution in [2.75, 3.05) is 18.2 Å². The van der Waals surface area contributed by atoms with Crippen molar-refractivity contribution in [3.8, 4) is 0 Å². The summed E-state index contributed by atoms with van der Waals surface area (Å²) < 4.78 is 0. The first kappa shape index (κ1) is 14.9. The van der Waals surface area contributed by atoms with Crippen LogP contribution in [0.1, 0.15) is 31.0 Å². The number of benzene rings is 1. The fraction of sp³-hybridized carbons (Fsp3) is 0.467. The molecule has 1 aromatic carbocycles. The van der Waals surface area contributed by atoms with Crippen LogP contribution in [-0.4, -0.2) is 34.9 Å². The molecule has 1 heterocycles. The van der Waals surface area contributed by atoms with Crippen LogP contribution in [0.2, 0.25) is 0 Å². The summed E-state index contributed by atoms with van der Waals surface area (Å²) in [6.45, 7) is 4.23. The number of hydrogen-bond acceptors (Lipinski definition) is 3. The standard InChI is InChI=1S/C15H20N2O2S/c1-3-12-4-6-13(7-5-12)11(2)16-14(18)8-17-10-20-9-15(17)19/h4-7,11H,3,8-10H2,1-2H3,(H,16,18). The predicted octanol–water partition coefficient (Wildman–Crippen LogP) is 1.96. The number of nitrogens with zero attached hydrogens (tertiary/aromatic N) is 1. The van der Waals surface area contributed by atoms with Crippen LogP contribution in [0.4, 0.5) is 0 Å². The van der Waals surface area contributed by atoms with Crippen LogP contribution in [-0.2, 0) is 16.0 Å². The maximum absolute atomic E-state index is 11.9. The Morgan fingerprint density at radius 2 is 2.10 bits per heavy atom. The van der Waals surface area contributed by atoms with Crippen LogP contribution in [0.3, 0.4) is 0 Å². The number of aryl methyl sites for hydroxylation is 1. The summed E-state index contributed by atoms with van der Waals surface area (Å²) in [5, 5.41) is 2.94. The van der Waals surface area contributed by atoms with Crippen LogP contribution < -0.4 is 5.32 Å². The summed E-state index contributed by atoms with van der Waals surface area (Å²) in [4.78, 5) is 25.0. The van der Waals surface area contributed by atoms with Gasteiger partial charge < -0.3 is 10.2 Å². The van der Waals surface area contributed by atoms with E-state index in [0.717, 1.165) is 12.0 Å². The minimum atomic E-state index is -0.104. The molecule has 4 nitrogen and oxygen atoms in total. The molecule has 1 N–H and O–H groups in total. The van der Waals surface area contributed by atoms with Gasteiger partial charge in [-0.1, -0.05) is 31.2 Å². The van der Waals surface area contributed by atoms with Crippen LogP contribution in [0.15, 0.2) is 24.3 Å². The monoisotopic (exact) mass is 292 g/mol. The average molecular weight is 292 g/mol. The largest absolute Gasteiger partial charge is 0.348 e. The maximum Gasteiger partial charge on any atom is 0.240 e. The molecule has 1 saturated heterocycles. The fourth-order valence-corrected chi connectivity index (χ4v) is 3.03. The molecule has 1 aliphatic heterocycles. The molecule has 1 atom stereocenters. The van der Waals surface area contributed by atoms with Gasteiger partial charge in [0.05, 0.1) is 17.7 Å². The molecule has 2 amide bonds. The Morgan fingerprint density at radius 3 is 2.65 bits per heavy atom. The van der Waals surface area contributed by atoms with E-state index < -0.39 is 0 Å². The summed E-state index contributed by atoms with van der Waals surface area (Å²) >= 11 is 1.55. The van der Waals surface area contributed by atoms with E-state index in [-0.39, 0.29) is 24.4 Å². The lowest BCUT2D eigenvalue weighted by atomic mass is 10.1. The Balaban J connectivity index is 1.87. The van der Waals surface area contributed by atoms with E-state index in [1.165, 1.54) is 5.56 Å². The van der Waals surface area contributed by atoms with E-state index in [4.69, 9.17) is 0 Å². The number of hydrogen-bond donors (Lipinski definition) is 1. The van der Waals surface area contributed by atoms with Gasteiger partial charge in [-0.25, -0.2) is 0 Å². The highest BCUT2D eigenvalue weighted by molar-refractivity contribution is 8.00. The van der Waals surface area contributed by atoms with Gasteiger partial charge in [-0.15, -0.1) is 11.8 Å². The highest BCUT2D eigenvalue weighted by atomic mass is 32.2. The van der Waals surface area contributed by atoms with E-state index in [1.54, 1.807) is 16.7 Å². The van der Waals surface area contributed by atoms with Crippen molar-refractivity contribution in [1.29, 1.82) is 0 Å². The SMILES string of the molecule is CCc1ccc(C(C)NC(=O)CN2CSCC2=O)cc1. The molecule has 2 rings (SSSR count). The lowest BCUT2D eigenvalue weighted by molar-refractivity contribution is -0.132. The summed E-state index contributed by atoms with van der Waals surface area (Å²) in [7, 11) is 0. The third-order valence-electron chi connectivity index (χ3n) is 3.43. The van der Waals surface area contributed by atoms with Crippen molar-refractivity contribution >= 4 is 23.6 Å². The summed E-state index contributed by atoms with van der Waals surface area (Å²) in [6, 6.07) is 8.21. The molecule has 1 fully saturated rings. The molecule has 0 aromatic heterocycles. The predicted molar refractivity (Wildman–Crippen MR) is 81.4 cm³/mol. The third-order valence-corrected chi connectivity index (χ3v) is 4.37. The van der Waals surface area contributed by atoms with Crippen molar-refractivity contribution in [2.45, 2.75) is 26.3 Å². The minimum Gasteiger partial charge on any atom is -0.348 e. The molecular weight excluding hydrogens is 272 g/mol. The molecule has 108 valence electrons. The Morgan fingerprint density at radius 1 is 1.40 bits per heavy atom. The summed E-state index contributed by atoms with van der Waals surface area (Å²) in [5.74, 6) is 1.05. The zero-order valence-electron chi connectivity index (χ0n) is 11.9. The molecule has 20 heavy (non-hydrogen) atoms. The Labute approximate surface area is 123 Å². The Hall–Kier alpha value is -1.49. The second-order valence-corrected chi connectivity index (χ2v) is 5.91. The highest BCUT2D eigenvalue weighted by Gasteiger charge is 2.23. The van der Waals surface area contributed by atoms with Crippen LogP contribution in [0, 0.1) is 0 Å². The van der Waals surface area contributed by atoms with Gasteiger partial charge in [0.1, 0.15) is 6.54 Å². The van der Waals surface area contributed by atoms with Crippen LogP contribution in [0.5, 0.6) is 0 Å². The number of amides is 2. The minimum absolute atomic E-state index is 0.0428. The van der Waals surface area contributed by atoms with E-state index in [1.807, 2.05) is 19.1 Å². The lowest BCUT2D eigenvalue weighted by Crippen LogP contribution is -2.39. The molecule has 1 unspecified atom stereocenters. The maximum atomic E-state index is 11.9. The first-order chi connectivity index (χ1) is 9.60. The molecule has 5 heteroatoms. The smallest absolute Gasteiger partial charge is 0.240 e. The topological polar surface area (TPSA) is 49.4 Å². The van der Waals surface area contributed by atoms with E-state index in [0.29, 0.717) is 11.6 Å². The molecule has 0 aliphatic carbocycles. The highest BCUT2D eigenvalue weighted by Crippen LogP contribution is 2.16. The van der Waals surface area contributed by atoms with Gasteiger partial charge in [0, 0.05) is 0 Å². The average Bonchev–Trinajstić information content (AvgIpc) is 2.84. The Bertz CT molecular complexity index is 487. The molecule has 1 aromatic rings. The van der Waals surface area contributed by atoms with E-state index in [9.17, 15) is 9.59 Å². The first-order valence-electron chi connectivity index (χ1n) is 6.84. The van der Waals surface area contributed by atoms with Gasteiger partial charge >= 0.3 is 0 Å². The second kappa shape index (κ2) is 6.79. The molecule has 0 spiro atoms. The quantitative estimate of drug-likeness (QED) is 0.902. The van der Waals surface area contributed by atoms with Crippen molar-refractivity contribution in [3.05, 3.63) is 35.4 Å². The van der Waals surface area contributed by atoms with Crippen molar-refractivity contribution in [2.24, 2.45) is 0 Å². The zero-order valence-corrected chi connectivity index (χ0v) is 12.7. The molecule has 0 radical (unpaired) electrons. The van der Waals surface area contributed by atoms with Gasteiger partial charge in [0.2, 0.25) is 11.8 Å². The molecule has 1 aliphatic rings. The molecule has 0 saturated carbocycles. The van der Waals surface area contributed by atoms with Crippen molar-refractivity contribution < 1.29 is 9.59 Å². The van der Waals surface area contributed by atoms with Gasteiger partial charge in [0.15, 0.2) is 0 Å². The van der Waals surface area contributed by atoms with E-state index >= 15 is 0 Å². The Kier molecular flexibility index (Phi) is 5.06. The third kappa shape index (κ3) is 3.76. The van der Waals surface area contributed by atoms with Crippen LogP contribution >= 0.6 is 11.8 Å². The molecule has 0 bridgehead atoms. The fourth-order valence-electron chi connectivity index (χ4n) is 2.13. The number of carbonyl (C=O) groups excluding carboxylic acids is 2. The zero-order chi connectivity index (χ0) is 14.5. The van der Waals surface area contributed by atoms with Gasteiger partial charge in [-0.05, 0) is 24.5 Å². The van der Waals surface area contributed by atoms with Crippen molar-refractivity contribution in [1.82, 2.24) is 10.2 Å². The first-order valence-corrected chi connectivity index (χ1v) is 7.99. The summed E-state index contributed by atoms with van der Waals surface area (Å²) in [6.07, 6.45) is 1.01. The normalized spacial score (nSPS) is 16.3. The number of nitrogens with one attached hydrogen (secondary N) is 1. The lowest BCUT2D eigenvalue weighted by Gasteiger charge is -2.18. The summed E-state index contributed by atoms with van der Waals surface area (Å²) in [5.41, 5.74) is 2.37. The second-order valence-electron chi connectivity index (χ2n) is 4.95.